The first kappa shape index (κ1) is 12.9. The van der Waals surface area contributed by atoms with Gasteiger partial charge in [-0.25, -0.2) is 4.99 Å². The Hall–Kier alpha value is -1.56. The molecule has 3 atom stereocenters. The zero-order chi connectivity index (χ0) is 13.1. The number of nitrogens with two attached hydrogens (primary N) is 1. The fourth-order valence-corrected chi connectivity index (χ4v) is 2.17. The third-order valence-electron chi connectivity index (χ3n) is 3.22. The fourth-order valence-electron chi connectivity index (χ4n) is 2.17. The van der Waals surface area contributed by atoms with Crippen molar-refractivity contribution in [2.45, 2.75) is 31.5 Å². The maximum Gasteiger partial charge on any atom is 0.191 e. The molecule has 18 heavy (non-hydrogen) atoms. The number of rotatable bonds is 4. The molecule has 0 aromatic carbocycles. The van der Waals surface area contributed by atoms with E-state index in [-0.39, 0.29) is 18.2 Å². The molecule has 0 radical (unpaired) electrons. The van der Waals surface area contributed by atoms with Gasteiger partial charge in [-0.2, -0.15) is 5.10 Å². The summed E-state index contributed by atoms with van der Waals surface area (Å²) in [5.74, 6) is 0.548. The Morgan fingerprint density at radius 1 is 1.61 bits per heavy atom. The van der Waals surface area contributed by atoms with Crippen molar-refractivity contribution in [3.05, 3.63) is 18.5 Å². The average Bonchev–Trinajstić information content (AvgIpc) is 2.80. The van der Waals surface area contributed by atoms with Gasteiger partial charge in [-0.1, -0.05) is 0 Å². The van der Waals surface area contributed by atoms with Crippen LogP contribution in [0.15, 0.2) is 23.5 Å². The summed E-state index contributed by atoms with van der Waals surface area (Å²) in [6, 6.07) is 2.21. The first-order chi connectivity index (χ1) is 8.63. The Kier molecular flexibility index (Phi) is 3.86. The van der Waals surface area contributed by atoms with Crippen molar-refractivity contribution in [1.82, 2.24) is 14.7 Å². The zero-order valence-electron chi connectivity index (χ0n) is 11.2. The quantitative estimate of drug-likeness (QED) is 0.624. The van der Waals surface area contributed by atoms with Crippen LogP contribution in [0.4, 0.5) is 0 Å². The van der Waals surface area contributed by atoms with Crippen molar-refractivity contribution < 1.29 is 4.74 Å². The first-order valence-corrected chi connectivity index (χ1v) is 6.24. The minimum atomic E-state index is 0.142. The van der Waals surface area contributed by atoms with Crippen LogP contribution in [0, 0.1) is 0 Å². The van der Waals surface area contributed by atoms with Gasteiger partial charge in [0.1, 0.15) is 6.04 Å². The van der Waals surface area contributed by atoms with Gasteiger partial charge in [-0.15, -0.1) is 0 Å². The Labute approximate surface area is 107 Å². The minimum Gasteiger partial charge on any atom is -0.376 e. The number of aromatic nitrogens is 2. The second-order valence-electron chi connectivity index (χ2n) is 4.66. The van der Waals surface area contributed by atoms with E-state index in [4.69, 9.17) is 10.5 Å². The maximum atomic E-state index is 5.87. The number of guanidine groups is 1. The summed E-state index contributed by atoms with van der Waals surface area (Å²) in [6.45, 7) is 2.72. The predicted molar refractivity (Wildman–Crippen MR) is 70.4 cm³/mol. The van der Waals surface area contributed by atoms with Gasteiger partial charge in [-0.05, 0) is 13.0 Å². The number of aliphatic imine (C=N–C) groups is 1. The monoisotopic (exact) mass is 251 g/mol. The molecule has 3 unspecified atom stereocenters. The molecule has 1 aromatic heterocycles. The molecule has 6 heteroatoms. The van der Waals surface area contributed by atoms with E-state index < -0.39 is 0 Å². The van der Waals surface area contributed by atoms with E-state index in [1.807, 2.05) is 42.9 Å². The second kappa shape index (κ2) is 5.39. The molecule has 1 heterocycles. The van der Waals surface area contributed by atoms with Crippen molar-refractivity contribution in [2.24, 2.45) is 10.7 Å². The molecule has 0 aliphatic heterocycles. The molecule has 2 N–H and O–H groups in total. The van der Waals surface area contributed by atoms with E-state index in [0.717, 1.165) is 6.42 Å². The molecule has 1 saturated carbocycles. The SMILES string of the molecule is CCOC1CC(N=C(N)N(C)C)C1n1cccn1. The molecule has 1 fully saturated rings. The van der Waals surface area contributed by atoms with Crippen molar-refractivity contribution in [1.29, 1.82) is 0 Å². The Morgan fingerprint density at radius 3 is 2.94 bits per heavy atom. The van der Waals surface area contributed by atoms with Crippen molar-refractivity contribution in [2.75, 3.05) is 20.7 Å². The van der Waals surface area contributed by atoms with Crippen LogP contribution in [0.1, 0.15) is 19.4 Å². The van der Waals surface area contributed by atoms with Crippen LogP contribution < -0.4 is 5.73 Å². The van der Waals surface area contributed by atoms with Gasteiger partial charge in [0.25, 0.3) is 0 Å². The summed E-state index contributed by atoms with van der Waals surface area (Å²) in [6.07, 6.45) is 4.80. The Morgan fingerprint density at radius 2 is 2.39 bits per heavy atom. The average molecular weight is 251 g/mol. The zero-order valence-corrected chi connectivity index (χ0v) is 11.2. The third-order valence-corrected chi connectivity index (χ3v) is 3.22. The van der Waals surface area contributed by atoms with Gasteiger partial charge >= 0.3 is 0 Å². The lowest BCUT2D eigenvalue weighted by Gasteiger charge is -2.42. The van der Waals surface area contributed by atoms with E-state index in [1.54, 1.807) is 6.20 Å². The normalized spacial score (nSPS) is 27.9. The molecule has 1 aliphatic carbocycles. The molecule has 0 saturated heterocycles. The number of hydrogen-bond acceptors (Lipinski definition) is 3. The van der Waals surface area contributed by atoms with Crippen molar-refractivity contribution in [3.8, 4) is 0 Å². The summed E-state index contributed by atoms with van der Waals surface area (Å²) in [5.41, 5.74) is 5.87. The molecule has 1 aliphatic rings. The van der Waals surface area contributed by atoms with Crippen molar-refractivity contribution >= 4 is 5.96 Å². The fraction of sp³-hybridized carbons (Fsp3) is 0.667. The molecule has 100 valence electrons. The highest BCUT2D eigenvalue weighted by molar-refractivity contribution is 5.77. The highest BCUT2D eigenvalue weighted by Gasteiger charge is 2.43. The Bertz CT molecular complexity index is 401. The summed E-state index contributed by atoms with van der Waals surface area (Å²) in [4.78, 5) is 6.34. The van der Waals surface area contributed by atoms with Crippen LogP contribution in [-0.4, -0.2) is 53.5 Å². The van der Waals surface area contributed by atoms with Crippen LogP contribution in [-0.2, 0) is 4.74 Å². The van der Waals surface area contributed by atoms with Crippen LogP contribution >= 0.6 is 0 Å². The highest BCUT2D eigenvalue weighted by Crippen LogP contribution is 2.37. The van der Waals surface area contributed by atoms with Gasteiger partial charge in [0.15, 0.2) is 5.96 Å². The molecular formula is C12H21N5O. The number of hydrogen-bond donors (Lipinski definition) is 1. The van der Waals surface area contributed by atoms with E-state index in [2.05, 4.69) is 10.1 Å². The second-order valence-corrected chi connectivity index (χ2v) is 4.66. The van der Waals surface area contributed by atoms with Gasteiger partial charge in [-0.3, -0.25) is 4.68 Å². The Balaban J connectivity index is 2.11. The lowest BCUT2D eigenvalue weighted by atomic mass is 9.83. The molecular weight excluding hydrogens is 230 g/mol. The minimum absolute atomic E-state index is 0.142. The maximum absolute atomic E-state index is 5.87. The van der Waals surface area contributed by atoms with E-state index in [1.165, 1.54) is 0 Å². The van der Waals surface area contributed by atoms with E-state index in [9.17, 15) is 0 Å². The predicted octanol–water partition coefficient (Wildman–Crippen LogP) is 0.478. The van der Waals surface area contributed by atoms with Crippen LogP contribution in [0.2, 0.25) is 0 Å². The first-order valence-electron chi connectivity index (χ1n) is 6.24. The van der Waals surface area contributed by atoms with E-state index >= 15 is 0 Å². The van der Waals surface area contributed by atoms with Gasteiger partial charge in [0, 0.05) is 39.5 Å². The smallest absolute Gasteiger partial charge is 0.191 e. The summed E-state index contributed by atoms with van der Waals surface area (Å²) < 4.78 is 7.62. The molecule has 0 amide bonds. The van der Waals surface area contributed by atoms with Gasteiger partial charge < -0.3 is 15.4 Å². The molecule has 6 nitrogen and oxygen atoms in total. The lowest BCUT2D eigenvalue weighted by Crippen LogP contribution is -2.49. The van der Waals surface area contributed by atoms with Gasteiger partial charge in [0.2, 0.25) is 0 Å². The van der Waals surface area contributed by atoms with Crippen LogP contribution in [0.25, 0.3) is 0 Å². The highest BCUT2D eigenvalue weighted by atomic mass is 16.5. The molecule has 0 spiro atoms. The third kappa shape index (κ3) is 2.48. The summed E-state index contributed by atoms with van der Waals surface area (Å²) in [7, 11) is 3.78. The lowest BCUT2D eigenvalue weighted by molar-refractivity contribution is -0.0507. The molecule has 2 rings (SSSR count). The van der Waals surface area contributed by atoms with Crippen LogP contribution in [0.5, 0.6) is 0 Å². The van der Waals surface area contributed by atoms with Crippen molar-refractivity contribution in [3.63, 3.8) is 0 Å². The largest absolute Gasteiger partial charge is 0.376 e. The molecule has 1 aromatic rings. The standard InChI is InChI=1S/C12H21N5O/c1-4-18-10-8-9(15-12(13)16(2)3)11(10)17-7-5-6-14-17/h5-7,9-11H,4,8H2,1-3H3,(H2,13,15). The van der Waals surface area contributed by atoms with E-state index in [0.29, 0.717) is 12.6 Å². The summed E-state index contributed by atoms with van der Waals surface area (Å²) in [5, 5.41) is 4.29. The number of ether oxygens (including phenoxy) is 1. The van der Waals surface area contributed by atoms with Crippen LogP contribution in [0.3, 0.4) is 0 Å². The molecule has 0 bridgehead atoms. The topological polar surface area (TPSA) is 68.7 Å². The summed E-state index contributed by atoms with van der Waals surface area (Å²) >= 11 is 0. The number of nitrogens with zero attached hydrogens (tertiary/aromatic N) is 4. The van der Waals surface area contributed by atoms with Gasteiger partial charge in [0.05, 0.1) is 12.1 Å².